The topological polar surface area (TPSA) is 40.5 Å². The number of phenolic OH excluding ortho intramolecular Hbond substituents is 1. The minimum Gasteiger partial charge on any atom is -0.508 e. The number of carbonyl (C=O) groups excluding carboxylic acids is 1. The molecule has 3 aliphatic rings. The van der Waals surface area contributed by atoms with Crippen molar-refractivity contribution in [2.75, 3.05) is 20.1 Å². The van der Waals surface area contributed by atoms with E-state index in [2.05, 4.69) is 6.92 Å². The van der Waals surface area contributed by atoms with Gasteiger partial charge in [-0.25, -0.2) is 4.39 Å². The molecule has 0 aromatic heterocycles. The Morgan fingerprint density at radius 2 is 1.49 bits per heavy atom. The molecule has 2 fully saturated rings. The van der Waals surface area contributed by atoms with Gasteiger partial charge in [0, 0.05) is 24.3 Å². The largest absolute Gasteiger partial charge is 0.508 e. The van der Waals surface area contributed by atoms with Crippen LogP contribution in [0.15, 0.2) is 12.1 Å². The van der Waals surface area contributed by atoms with Crippen molar-refractivity contribution < 1.29 is 53.8 Å². The third kappa shape index (κ3) is 7.44. The Morgan fingerprint density at radius 1 is 0.872 bits per heavy atom. The van der Waals surface area contributed by atoms with Gasteiger partial charge in [0.25, 0.3) is 0 Å². The molecule has 268 valence electrons. The van der Waals surface area contributed by atoms with Crippen LogP contribution in [-0.4, -0.2) is 59.9 Å². The number of hydrogen-bond acceptors (Lipinski definition) is 3. The molecule has 4 rings (SSSR count). The van der Waals surface area contributed by atoms with Crippen LogP contribution in [-0.2, 0) is 11.2 Å². The van der Waals surface area contributed by atoms with Crippen LogP contribution in [0.25, 0.3) is 0 Å². The maximum Gasteiger partial charge on any atom is 0.460 e. The summed E-state index contributed by atoms with van der Waals surface area (Å²) in [5.41, 5.74) is 1.21. The zero-order valence-corrected chi connectivity index (χ0v) is 26.9. The van der Waals surface area contributed by atoms with E-state index in [1.807, 2.05) is 11.9 Å². The van der Waals surface area contributed by atoms with Crippen molar-refractivity contribution in [2.45, 2.75) is 127 Å². The summed E-state index contributed by atoms with van der Waals surface area (Å²) in [6, 6.07) is 2.86. The number of halogens is 10. The Kier molecular flexibility index (Phi) is 11.3. The van der Waals surface area contributed by atoms with E-state index in [0.717, 1.165) is 57.1 Å². The van der Waals surface area contributed by atoms with Crippen molar-refractivity contribution in [1.29, 1.82) is 0 Å². The summed E-state index contributed by atoms with van der Waals surface area (Å²) in [7, 11) is 1.87. The first kappa shape index (κ1) is 37.8. The minimum atomic E-state index is -6.84. The molecule has 2 saturated carbocycles. The van der Waals surface area contributed by atoms with E-state index in [9.17, 15) is 49.4 Å². The summed E-state index contributed by atoms with van der Waals surface area (Å²) in [5, 5.41) is 10.1. The Labute approximate surface area is 269 Å². The van der Waals surface area contributed by atoms with Crippen LogP contribution in [0.3, 0.4) is 0 Å². The molecule has 3 aliphatic carbocycles. The number of fused-ring (bicyclic) bond motifs is 5. The van der Waals surface area contributed by atoms with Crippen molar-refractivity contribution in [3.05, 3.63) is 29.1 Å². The smallest absolute Gasteiger partial charge is 0.460 e. The average Bonchev–Trinajstić information content (AvgIpc) is 3.27. The third-order valence-corrected chi connectivity index (χ3v) is 11.2. The Bertz CT molecular complexity index is 1250. The second kappa shape index (κ2) is 14.1. The number of alkyl halides is 9. The molecule has 0 saturated heterocycles. The first-order chi connectivity index (χ1) is 21.7. The fraction of sp³-hybridized carbons (Fsp3) is 0.794. The van der Waals surface area contributed by atoms with Crippen molar-refractivity contribution in [3.63, 3.8) is 0 Å². The Hall–Kier alpha value is -2.05. The summed E-state index contributed by atoms with van der Waals surface area (Å²) in [4.78, 5) is 14.9. The SMILES string of the molecule is CN(CCCCCCC(F)(F)C(F)(F)C(F)(F)C(F)(F)F)CCCCC[C@@H]1Cc2cc(O)cc(F)c2[C@H]2CC[C@]3(C)C(=O)CC[C@H]3[C@H]12. The quantitative estimate of drug-likeness (QED) is 0.147. The molecule has 1 aromatic rings. The van der Waals surface area contributed by atoms with Crippen molar-refractivity contribution in [2.24, 2.45) is 23.2 Å². The molecule has 0 aliphatic heterocycles. The lowest BCUT2D eigenvalue weighted by molar-refractivity contribution is -0.396. The van der Waals surface area contributed by atoms with Gasteiger partial charge < -0.3 is 10.0 Å². The number of ketones is 1. The number of aromatic hydroxyl groups is 1. The summed E-state index contributed by atoms with van der Waals surface area (Å²) in [6.45, 7) is 3.39. The molecule has 0 spiro atoms. The fourth-order valence-corrected chi connectivity index (χ4v) is 8.64. The lowest BCUT2D eigenvalue weighted by atomic mass is 9.52. The molecule has 0 heterocycles. The maximum absolute atomic E-state index is 15.1. The lowest BCUT2D eigenvalue weighted by Crippen LogP contribution is -2.60. The predicted molar refractivity (Wildman–Crippen MR) is 157 cm³/mol. The molecule has 47 heavy (non-hydrogen) atoms. The van der Waals surface area contributed by atoms with E-state index >= 15 is 4.39 Å². The Morgan fingerprint density at radius 3 is 2.13 bits per heavy atom. The third-order valence-electron chi connectivity index (χ3n) is 11.2. The number of unbranched alkanes of at least 4 members (excludes halogenated alkanes) is 5. The summed E-state index contributed by atoms with van der Waals surface area (Å²) in [5.74, 6) is -18.3. The molecule has 0 amide bonds. The summed E-state index contributed by atoms with van der Waals surface area (Å²) in [6.07, 6.45) is -1.15. The van der Waals surface area contributed by atoms with Gasteiger partial charge in [0.2, 0.25) is 0 Å². The molecular weight excluding hydrogens is 644 g/mol. The van der Waals surface area contributed by atoms with E-state index < -0.39 is 36.8 Å². The van der Waals surface area contributed by atoms with Gasteiger partial charge in [-0.3, -0.25) is 4.79 Å². The van der Waals surface area contributed by atoms with E-state index in [4.69, 9.17) is 0 Å². The van der Waals surface area contributed by atoms with Crippen LogP contribution in [0, 0.1) is 29.0 Å². The second-order valence-electron chi connectivity index (χ2n) is 14.3. The van der Waals surface area contributed by atoms with Crippen LogP contribution in [0.5, 0.6) is 5.75 Å². The standard InChI is InChI=1S/C34H45F10NO2/c1-30-15-13-24-28(25(30)11-12-27(30)47)21(18-22-19-23(46)20-26(35)29(22)24)10-6-5-9-17-45(2)16-8-4-3-7-14-31(36,37)32(38,39)33(40,41)34(42,43)44/h19-21,24-25,28,46H,3-18H2,1-2H3/t21-,24+,25+,28-,30+/m1/s1. The summed E-state index contributed by atoms with van der Waals surface area (Å²) < 4.78 is 132. The highest BCUT2D eigenvalue weighted by atomic mass is 19.4. The van der Waals surface area contributed by atoms with Gasteiger partial charge in [-0.15, -0.1) is 0 Å². The molecule has 1 aromatic carbocycles. The van der Waals surface area contributed by atoms with Gasteiger partial charge in [-0.1, -0.05) is 32.6 Å². The monoisotopic (exact) mass is 689 g/mol. The molecule has 0 bridgehead atoms. The van der Waals surface area contributed by atoms with Crippen LogP contribution >= 0.6 is 0 Å². The molecule has 13 heteroatoms. The van der Waals surface area contributed by atoms with Crippen LogP contribution in [0.2, 0.25) is 0 Å². The number of nitrogens with zero attached hydrogens (tertiary/aromatic N) is 1. The first-order valence-corrected chi connectivity index (χ1v) is 16.7. The van der Waals surface area contributed by atoms with E-state index in [0.29, 0.717) is 43.6 Å². The van der Waals surface area contributed by atoms with Crippen molar-refractivity contribution in [3.8, 4) is 5.75 Å². The number of Topliss-reactive ketones (excluding diaryl/α,β-unsaturated/α-hetero) is 1. The average molecular weight is 690 g/mol. The highest BCUT2D eigenvalue weighted by Gasteiger charge is 2.81. The molecular formula is C34H45F10NO2. The lowest BCUT2D eigenvalue weighted by Gasteiger charge is -2.51. The van der Waals surface area contributed by atoms with Gasteiger partial charge in [0.05, 0.1) is 0 Å². The van der Waals surface area contributed by atoms with E-state index in [1.165, 1.54) is 6.07 Å². The zero-order chi connectivity index (χ0) is 35.0. The van der Waals surface area contributed by atoms with Crippen LogP contribution < -0.4 is 0 Å². The first-order valence-electron chi connectivity index (χ1n) is 16.7. The highest BCUT2D eigenvalue weighted by molar-refractivity contribution is 5.87. The van der Waals surface area contributed by atoms with Crippen molar-refractivity contribution in [1.82, 2.24) is 4.90 Å². The highest BCUT2D eigenvalue weighted by Crippen LogP contribution is 2.62. The fourth-order valence-electron chi connectivity index (χ4n) is 8.64. The molecule has 1 N–H and O–H groups in total. The summed E-state index contributed by atoms with van der Waals surface area (Å²) >= 11 is 0. The molecule has 0 radical (unpaired) electrons. The van der Waals surface area contributed by atoms with E-state index in [1.54, 1.807) is 6.07 Å². The zero-order valence-electron chi connectivity index (χ0n) is 26.9. The van der Waals surface area contributed by atoms with Crippen LogP contribution in [0.1, 0.15) is 107 Å². The number of benzene rings is 1. The molecule has 5 atom stereocenters. The minimum absolute atomic E-state index is 0.0168. The van der Waals surface area contributed by atoms with Gasteiger partial charge in [-0.05, 0) is 112 Å². The molecule has 0 unspecified atom stereocenters. The van der Waals surface area contributed by atoms with Gasteiger partial charge >= 0.3 is 23.9 Å². The number of carbonyl (C=O) groups is 1. The number of rotatable bonds is 15. The predicted octanol–water partition coefficient (Wildman–Crippen LogP) is 10.1. The Balaban J connectivity index is 1.19. The van der Waals surface area contributed by atoms with Gasteiger partial charge in [-0.2, -0.15) is 39.5 Å². The number of phenols is 1. The number of hydrogen-bond donors (Lipinski definition) is 1. The normalized spacial score (nSPS) is 26.8. The molecule has 3 nitrogen and oxygen atoms in total. The van der Waals surface area contributed by atoms with Gasteiger partial charge in [0.1, 0.15) is 17.3 Å². The van der Waals surface area contributed by atoms with Crippen LogP contribution in [0.4, 0.5) is 43.9 Å². The maximum atomic E-state index is 15.1. The van der Waals surface area contributed by atoms with E-state index in [-0.39, 0.29) is 47.1 Å². The van der Waals surface area contributed by atoms with Crippen molar-refractivity contribution >= 4 is 5.78 Å². The van der Waals surface area contributed by atoms with Gasteiger partial charge in [0.15, 0.2) is 0 Å². The second-order valence-corrected chi connectivity index (χ2v) is 14.3.